The largest absolute Gasteiger partial charge is 0.383 e. The summed E-state index contributed by atoms with van der Waals surface area (Å²) in [6, 6.07) is 1.12. The van der Waals surface area contributed by atoms with Gasteiger partial charge in [-0.1, -0.05) is 0 Å². The molecular formula is C11H12N6O3. The Hall–Kier alpha value is -2.97. The van der Waals surface area contributed by atoms with Gasteiger partial charge in [0.1, 0.15) is 12.0 Å². The minimum absolute atomic E-state index is 0.00481. The number of nitrogen functional groups attached to an aromatic ring is 1. The number of aromatic amines is 1. The number of H-pyrrole nitrogens is 1. The van der Waals surface area contributed by atoms with Gasteiger partial charge < -0.3 is 10.6 Å². The van der Waals surface area contributed by atoms with E-state index in [-0.39, 0.29) is 17.1 Å². The van der Waals surface area contributed by atoms with Crippen LogP contribution in [0.1, 0.15) is 15.9 Å². The van der Waals surface area contributed by atoms with Gasteiger partial charge in [-0.3, -0.25) is 20.0 Å². The van der Waals surface area contributed by atoms with Crippen LogP contribution in [0.3, 0.4) is 0 Å². The van der Waals surface area contributed by atoms with Gasteiger partial charge in [0.25, 0.3) is 11.6 Å². The van der Waals surface area contributed by atoms with E-state index in [0.29, 0.717) is 6.54 Å². The molecule has 0 aliphatic rings. The van der Waals surface area contributed by atoms with E-state index in [0.717, 1.165) is 17.8 Å². The molecule has 104 valence electrons. The zero-order valence-electron chi connectivity index (χ0n) is 10.6. The number of aromatic nitrogens is 3. The molecule has 0 saturated carbocycles. The molecule has 0 saturated heterocycles. The molecule has 9 nitrogen and oxygen atoms in total. The molecule has 3 N–H and O–H groups in total. The molecule has 0 bridgehead atoms. The van der Waals surface area contributed by atoms with Crippen LogP contribution in [0.15, 0.2) is 24.7 Å². The fourth-order valence-corrected chi connectivity index (χ4v) is 1.65. The molecule has 0 aromatic carbocycles. The van der Waals surface area contributed by atoms with Gasteiger partial charge in [0.15, 0.2) is 0 Å². The Morgan fingerprint density at radius 2 is 2.30 bits per heavy atom. The highest BCUT2D eigenvalue weighted by molar-refractivity contribution is 5.98. The summed E-state index contributed by atoms with van der Waals surface area (Å²) in [6.45, 7) is 0.303. The molecule has 9 heteroatoms. The molecule has 0 spiro atoms. The van der Waals surface area contributed by atoms with E-state index in [2.05, 4.69) is 15.2 Å². The van der Waals surface area contributed by atoms with Crippen LogP contribution < -0.4 is 5.73 Å². The Labute approximate surface area is 113 Å². The number of hydrogen-bond donors (Lipinski definition) is 2. The van der Waals surface area contributed by atoms with Gasteiger partial charge >= 0.3 is 0 Å². The van der Waals surface area contributed by atoms with Crippen LogP contribution in [0.2, 0.25) is 0 Å². The van der Waals surface area contributed by atoms with E-state index in [1.165, 1.54) is 4.90 Å². The van der Waals surface area contributed by atoms with Crippen LogP contribution in [0, 0.1) is 10.1 Å². The first-order valence-corrected chi connectivity index (χ1v) is 5.62. The maximum atomic E-state index is 12.2. The number of carbonyl (C=O) groups is 1. The van der Waals surface area contributed by atoms with Crippen molar-refractivity contribution in [1.82, 2.24) is 20.1 Å². The number of amides is 1. The van der Waals surface area contributed by atoms with Crippen molar-refractivity contribution in [1.29, 1.82) is 0 Å². The van der Waals surface area contributed by atoms with Crippen molar-refractivity contribution in [2.75, 3.05) is 12.8 Å². The van der Waals surface area contributed by atoms with Crippen molar-refractivity contribution in [3.8, 4) is 0 Å². The van der Waals surface area contributed by atoms with E-state index >= 15 is 0 Å². The molecule has 0 fully saturated rings. The SMILES string of the molecule is CN(Cc1cn[nH]c1)C(=O)c1cc([N+](=O)[O-])cnc1N. The number of nitro groups is 1. The lowest BCUT2D eigenvalue weighted by Crippen LogP contribution is -2.27. The van der Waals surface area contributed by atoms with Gasteiger partial charge in [-0.05, 0) is 0 Å². The van der Waals surface area contributed by atoms with Gasteiger partial charge in [0, 0.05) is 31.4 Å². The Balaban J connectivity index is 2.23. The molecule has 2 rings (SSSR count). The van der Waals surface area contributed by atoms with E-state index in [1.54, 1.807) is 19.4 Å². The zero-order valence-corrected chi connectivity index (χ0v) is 10.6. The van der Waals surface area contributed by atoms with E-state index in [4.69, 9.17) is 5.73 Å². The van der Waals surface area contributed by atoms with Crippen molar-refractivity contribution >= 4 is 17.4 Å². The summed E-state index contributed by atoms with van der Waals surface area (Å²) >= 11 is 0. The predicted molar refractivity (Wildman–Crippen MR) is 69.7 cm³/mol. The quantitative estimate of drug-likeness (QED) is 0.619. The third-order valence-electron chi connectivity index (χ3n) is 2.67. The number of rotatable bonds is 4. The topological polar surface area (TPSA) is 131 Å². The van der Waals surface area contributed by atoms with E-state index < -0.39 is 10.8 Å². The maximum Gasteiger partial charge on any atom is 0.288 e. The third kappa shape index (κ3) is 2.71. The summed E-state index contributed by atoms with van der Waals surface area (Å²) < 4.78 is 0. The molecule has 1 amide bonds. The Kier molecular flexibility index (Phi) is 3.60. The van der Waals surface area contributed by atoms with Crippen molar-refractivity contribution in [2.45, 2.75) is 6.54 Å². The Morgan fingerprint density at radius 3 is 2.90 bits per heavy atom. The number of carbonyl (C=O) groups excluding carboxylic acids is 1. The van der Waals surface area contributed by atoms with Crippen molar-refractivity contribution < 1.29 is 9.72 Å². The van der Waals surface area contributed by atoms with Crippen LogP contribution in [0.4, 0.5) is 11.5 Å². The van der Waals surface area contributed by atoms with Crippen LogP contribution in [0.5, 0.6) is 0 Å². The average molecular weight is 276 g/mol. The highest BCUT2D eigenvalue weighted by atomic mass is 16.6. The van der Waals surface area contributed by atoms with E-state index in [9.17, 15) is 14.9 Å². The highest BCUT2D eigenvalue weighted by Crippen LogP contribution is 2.18. The number of pyridine rings is 1. The van der Waals surface area contributed by atoms with Crippen LogP contribution in [-0.2, 0) is 6.54 Å². The molecule has 0 aliphatic carbocycles. The number of hydrogen-bond acceptors (Lipinski definition) is 6. The highest BCUT2D eigenvalue weighted by Gasteiger charge is 2.20. The fraction of sp³-hybridized carbons (Fsp3) is 0.182. The smallest absolute Gasteiger partial charge is 0.288 e. The molecule has 0 aliphatic heterocycles. The lowest BCUT2D eigenvalue weighted by molar-refractivity contribution is -0.385. The molecule has 0 unspecified atom stereocenters. The van der Waals surface area contributed by atoms with Crippen LogP contribution in [0.25, 0.3) is 0 Å². The van der Waals surface area contributed by atoms with Gasteiger partial charge in [-0.15, -0.1) is 0 Å². The van der Waals surface area contributed by atoms with Crippen LogP contribution >= 0.6 is 0 Å². The average Bonchev–Trinajstić information content (AvgIpc) is 2.91. The normalized spacial score (nSPS) is 10.2. The standard InChI is InChI=1S/C11H12N6O3/c1-16(6-7-3-14-15-4-7)11(18)9-2-8(17(19)20)5-13-10(9)12/h2-5H,6H2,1H3,(H2,12,13)(H,14,15). The maximum absolute atomic E-state index is 12.2. The summed E-state index contributed by atoms with van der Waals surface area (Å²) in [5, 5.41) is 17.1. The van der Waals surface area contributed by atoms with Crippen LogP contribution in [-0.4, -0.2) is 38.0 Å². The Morgan fingerprint density at radius 1 is 1.55 bits per heavy atom. The molecule has 2 aromatic heterocycles. The second-order valence-corrected chi connectivity index (χ2v) is 4.15. The zero-order chi connectivity index (χ0) is 14.7. The number of anilines is 1. The number of nitrogens with two attached hydrogens (primary N) is 1. The second-order valence-electron chi connectivity index (χ2n) is 4.15. The number of nitrogens with one attached hydrogen (secondary N) is 1. The molecule has 0 radical (unpaired) electrons. The van der Waals surface area contributed by atoms with E-state index in [1.807, 2.05) is 0 Å². The summed E-state index contributed by atoms with van der Waals surface area (Å²) in [6.07, 6.45) is 4.25. The van der Waals surface area contributed by atoms with Crippen molar-refractivity contribution in [3.63, 3.8) is 0 Å². The molecule has 20 heavy (non-hydrogen) atoms. The van der Waals surface area contributed by atoms with Gasteiger partial charge in [0.05, 0.1) is 16.7 Å². The first-order valence-electron chi connectivity index (χ1n) is 5.62. The first-order chi connectivity index (χ1) is 9.49. The van der Waals surface area contributed by atoms with Gasteiger partial charge in [-0.25, -0.2) is 4.98 Å². The Bertz CT molecular complexity index is 640. The van der Waals surface area contributed by atoms with Crippen molar-refractivity contribution in [3.05, 3.63) is 45.9 Å². The summed E-state index contributed by atoms with van der Waals surface area (Å²) in [5.41, 5.74) is 6.13. The van der Waals surface area contributed by atoms with Gasteiger partial charge in [0.2, 0.25) is 0 Å². The van der Waals surface area contributed by atoms with Crippen molar-refractivity contribution in [2.24, 2.45) is 0 Å². The lowest BCUT2D eigenvalue weighted by atomic mass is 10.2. The predicted octanol–water partition coefficient (Wildman–Crippen LogP) is 0.567. The lowest BCUT2D eigenvalue weighted by Gasteiger charge is -2.16. The minimum Gasteiger partial charge on any atom is -0.383 e. The monoisotopic (exact) mass is 276 g/mol. The molecule has 0 atom stereocenters. The summed E-state index contributed by atoms with van der Waals surface area (Å²) in [5.74, 6) is -0.487. The summed E-state index contributed by atoms with van der Waals surface area (Å²) in [4.78, 5) is 27.3. The summed E-state index contributed by atoms with van der Waals surface area (Å²) in [7, 11) is 1.56. The minimum atomic E-state index is -0.626. The molecular weight excluding hydrogens is 264 g/mol. The molecule has 2 aromatic rings. The first kappa shape index (κ1) is 13.5. The second kappa shape index (κ2) is 5.34. The number of nitrogens with zero attached hydrogens (tertiary/aromatic N) is 4. The van der Waals surface area contributed by atoms with Gasteiger partial charge in [-0.2, -0.15) is 5.10 Å². The fourth-order valence-electron chi connectivity index (χ4n) is 1.65. The third-order valence-corrected chi connectivity index (χ3v) is 2.67. The molecule has 2 heterocycles.